The molecule has 1 N–H and O–H groups in total. The molecule has 31 heavy (non-hydrogen) atoms. The van der Waals surface area contributed by atoms with Gasteiger partial charge in [-0.1, -0.05) is 83.1 Å². The van der Waals surface area contributed by atoms with Gasteiger partial charge in [-0.05, 0) is 49.2 Å². The SMILES string of the molecule is CC(C)[Si](OC[C@H]1OC(O)[C@](F)(Br)[C@@H]1O[Si](C(C)C)(C(C)C)C(C)C)(C(C)C)C(C)C. The molecule has 0 bridgehead atoms. The quantitative estimate of drug-likeness (QED) is 0.216. The molecule has 0 aromatic rings. The molecule has 1 rings (SSSR count). The summed E-state index contributed by atoms with van der Waals surface area (Å²) in [6, 6.07) is 0. The molecule has 0 radical (unpaired) electrons. The zero-order valence-corrected chi connectivity index (χ0v) is 25.4. The lowest BCUT2D eigenvalue weighted by atomic mass is 10.2. The standard InChI is InChI=1S/C23H48BrFO4Si2/c1-14(2)30(15(3)4,16(5)6)27-13-20-21(23(24,25)22(26)28-20)29-31(17(7)8,18(9)10)19(11)12/h14-22,26H,13H2,1-12H3/t20-,21-,22?,23+/m1/s1. The third-order valence-corrected chi connectivity index (χ3v) is 20.6. The molecular weight excluding hydrogens is 495 g/mol. The van der Waals surface area contributed by atoms with Crippen molar-refractivity contribution in [3.63, 3.8) is 0 Å². The summed E-state index contributed by atoms with van der Waals surface area (Å²) in [6.07, 6.45) is -3.16. The Morgan fingerprint density at radius 1 is 0.806 bits per heavy atom. The fourth-order valence-electron chi connectivity index (χ4n) is 6.35. The highest BCUT2D eigenvalue weighted by Gasteiger charge is 2.61. The van der Waals surface area contributed by atoms with Gasteiger partial charge in [0.25, 0.3) is 0 Å². The van der Waals surface area contributed by atoms with Crippen molar-refractivity contribution in [1.29, 1.82) is 0 Å². The van der Waals surface area contributed by atoms with Crippen molar-refractivity contribution in [3.05, 3.63) is 0 Å². The highest BCUT2D eigenvalue weighted by molar-refractivity contribution is 9.10. The number of ether oxygens (including phenoxy) is 1. The van der Waals surface area contributed by atoms with Gasteiger partial charge in [0.15, 0.2) is 8.32 Å². The molecule has 0 aromatic heterocycles. The molecule has 0 amide bonds. The molecule has 0 aliphatic carbocycles. The van der Waals surface area contributed by atoms with E-state index in [1.54, 1.807) is 0 Å². The van der Waals surface area contributed by atoms with Crippen LogP contribution in [0.1, 0.15) is 83.1 Å². The minimum Gasteiger partial charge on any atom is -0.413 e. The van der Waals surface area contributed by atoms with E-state index in [0.717, 1.165) is 0 Å². The third-order valence-electron chi connectivity index (χ3n) is 7.59. The average molecular weight is 544 g/mol. The second kappa shape index (κ2) is 11.0. The molecular formula is C23H48BrFO4Si2. The molecule has 1 unspecified atom stereocenters. The van der Waals surface area contributed by atoms with Gasteiger partial charge in [-0.25, -0.2) is 4.39 Å². The maximum atomic E-state index is 15.7. The molecule has 4 nitrogen and oxygen atoms in total. The van der Waals surface area contributed by atoms with Gasteiger partial charge in [0.05, 0.1) is 6.61 Å². The van der Waals surface area contributed by atoms with Crippen molar-refractivity contribution < 1.29 is 23.1 Å². The topological polar surface area (TPSA) is 47.9 Å². The first kappa shape index (κ1) is 29.7. The third kappa shape index (κ3) is 5.51. The van der Waals surface area contributed by atoms with Crippen LogP contribution in [0.25, 0.3) is 0 Å². The summed E-state index contributed by atoms with van der Waals surface area (Å²) in [7, 11) is -4.56. The van der Waals surface area contributed by atoms with Crippen LogP contribution in [0, 0.1) is 0 Å². The van der Waals surface area contributed by atoms with Gasteiger partial charge in [0.1, 0.15) is 12.2 Å². The second-order valence-electron chi connectivity index (χ2n) is 11.2. The molecule has 1 fully saturated rings. The van der Waals surface area contributed by atoms with E-state index in [9.17, 15) is 5.11 Å². The van der Waals surface area contributed by atoms with E-state index in [2.05, 4.69) is 99.0 Å². The summed E-state index contributed by atoms with van der Waals surface area (Å²) in [5, 5.41) is 10.4. The van der Waals surface area contributed by atoms with Crippen LogP contribution < -0.4 is 0 Å². The zero-order chi connectivity index (χ0) is 24.5. The van der Waals surface area contributed by atoms with Gasteiger partial charge >= 0.3 is 0 Å². The Kier molecular flexibility index (Phi) is 10.5. The smallest absolute Gasteiger partial charge is 0.242 e. The number of hydrogen-bond acceptors (Lipinski definition) is 4. The molecule has 1 aliphatic heterocycles. The van der Waals surface area contributed by atoms with Crippen molar-refractivity contribution in [2.75, 3.05) is 6.61 Å². The predicted octanol–water partition coefficient (Wildman–Crippen LogP) is 7.52. The molecule has 4 atom stereocenters. The first-order chi connectivity index (χ1) is 14.0. The van der Waals surface area contributed by atoms with Crippen molar-refractivity contribution in [2.24, 2.45) is 0 Å². The minimum absolute atomic E-state index is 0.235. The fraction of sp³-hybridized carbons (Fsp3) is 1.00. The lowest BCUT2D eigenvalue weighted by molar-refractivity contribution is -0.124. The number of alkyl halides is 2. The van der Waals surface area contributed by atoms with E-state index < -0.39 is 39.7 Å². The Morgan fingerprint density at radius 2 is 1.16 bits per heavy atom. The van der Waals surface area contributed by atoms with Crippen LogP contribution in [0.4, 0.5) is 4.39 Å². The summed E-state index contributed by atoms with van der Waals surface area (Å²) < 4.78 is 32.8. The van der Waals surface area contributed by atoms with E-state index in [0.29, 0.717) is 33.2 Å². The number of aliphatic hydroxyl groups is 1. The van der Waals surface area contributed by atoms with Crippen LogP contribution in [0.2, 0.25) is 33.2 Å². The van der Waals surface area contributed by atoms with E-state index >= 15 is 4.39 Å². The van der Waals surface area contributed by atoms with Crippen molar-refractivity contribution in [3.8, 4) is 0 Å². The summed E-state index contributed by atoms with van der Waals surface area (Å²) >= 11 is 3.13. The van der Waals surface area contributed by atoms with Crippen molar-refractivity contribution >= 4 is 32.6 Å². The van der Waals surface area contributed by atoms with Gasteiger partial charge in [-0.15, -0.1) is 0 Å². The number of aliphatic hydroxyl groups excluding tert-OH is 1. The minimum atomic E-state index is -2.40. The molecule has 0 spiro atoms. The monoisotopic (exact) mass is 542 g/mol. The Hall–Kier alpha value is 0.684. The van der Waals surface area contributed by atoms with E-state index in [4.69, 9.17) is 13.6 Å². The van der Waals surface area contributed by atoms with Crippen LogP contribution >= 0.6 is 15.9 Å². The lowest BCUT2D eigenvalue weighted by Gasteiger charge is -2.46. The van der Waals surface area contributed by atoms with Crippen molar-refractivity contribution in [1.82, 2.24) is 0 Å². The van der Waals surface area contributed by atoms with Gasteiger partial charge in [-0.3, -0.25) is 0 Å². The summed E-state index contributed by atoms with van der Waals surface area (Å²) in [5.41, 5.74) is 2.12. The normalized spacial score (nSPS) is 28.4. The molecule has 1 saturated heterocycles. The van der Waals surface area contributed by atoms with E-state index in [-0.39, 0.29) is 6.61 Å². The molecule has 0 saturated carbocycles. The largest absolute Gasteiger partial charge is 0.413 e. The van der Waals surface area contributed by atoms with Crippen LogP contribution in [0.5, 0.6) is 0 Å². The molecule has 0 aromatic carbocycles. The average Bonchev–Trinajstić information content (AvgIpc) is 2.80. The Balaban J connectivity index is 3.32. The van der Waals surface area contributed by atoms with Crippen LogP contribution in [0.15, 0.2) is 0 Å². The van der Waals surface area contributed by atoms with E-state index in [1.165, 1.54) is 0 Å². The number of halogens is 2. The Morgan fingerprint density at radius 3 is 1.48 bits per heavy atom. The van der Waals surface area contributed by atoms with Crippen molar-refractivity contribution in [2.45, 2.75) is 139 Å². The van der Waals surface area contributed by atoms with Gasteiger partial charge in [0.2, 0.25) is 19.2 Å². The zero-order valence-electron chi connectivity index (χ0n) is 21.8. The maximum Gasteiger partial charge on any atom is 0.242 e. The first-order valence-electron chi connectivity index (χ1n) is 12.0. The summed E-state index contributed by atoms with van der Waals surface area (Å²) in [5.74, 6) is 0. The summed E-state index contributed by atoms with van der Waals surface area (Å²) in [6.45, 7) is 26.6. The van der Waals surface area contributed by atoms with Gasteiger partial charge in [-0.2, -0.15) is 0 Å². The lowest BCUT2D eigenvalue weighted by Crippen LogP contribution is -2.56. The predicted molar refractivity (Wildman–Crippen MR) is 137 cm³/mol. The van der Waals surface area contributed by atoms with Gasteiger partial charge < -0.3 is 18.7 Å². The molecule has 186 valence electrons. The Labute approximate surface area is 201 Å². The highest BCUT2D eigenvalue weighted by Crippen LogP contribution is 2.50. The first-order valence-corrected chi connectivity index (χ1v) is 17.1. The number of hydrogen-bond donors (Lipinski definition) is 1. The van der Waals surface area contributed by atoms with Crippen LogP contribution in [0.3, 0.4) is 0 Å². The van der Waals surface area contributed by atoms with E-state index in [1.807, 2.05) is 0 Å². The molecule has 8 heteroatoms. The maximum absolute atomic E-state index is 15.7. The van der Waals surface area contributed by atoms with Crippen LogP contribution in [-0.4, -0.2) is 51.4 Å². The van der Waals surface area contributed by atoms with Gasteiger partial charge in [0, 0.05) is 0 Å². The second-order valence-corrected chi connectivity index (χ2v) is 23.3. The fourth-order valence-corrected chi connectivity index (χ4v) is 18.1. The van der Waals surface area contributed by atoms with Crippen LogP contribution in [-0.2, 0) is 13.6 Å². The number of rotatable bonds is 11. The Bertz CT molecular complexity index is 526. The highest BCUT2D eigenvalue weighted by atomic mass is 79.9. The molecule has 1 aliphatic rings. The molecule has 1 heterocycles. The summed E-state index contributed by atoms with van der Waals surface area (Å²) in [4.78, 5) is 0.